The van der Waals surface area contributed by atoms with E-state index in [1.165, 1.54) is 31.3 Å². The topological polar surface area (TPSA) is 26.3 Å². The molecule has 0 rings (SSSR count). The van der Waals surface area contributed by atoms with Gasteiger partial charge in [-0.2, -0.15) is 0 Å². The molecule has 0 aromatic carbocycles. The lowest BCUT2D eigenvalue weighted by Gasteiger charge is -2.21. The number of carbonyl (C=O) groups is 1. The van der Waals surface area contributed by atoms with Crippen molar-refractivity contribution in [1.29, 1.82) is 0 Å². The number of hydrogen-bond donors (Lipinski definition) is 0. The number of carbonyl (C=O) groups excluding carboxylic acids is 1. The quantitative estimate of drug-likeness (QED) is 0.343. The molecule has 2 nitrogen and oxygen atoms in total. The molecule has 0 aliphatic rings. The van der Waals surface area contributed by atoms with Gasteiger partial charge in [-0.1, -0.05) is 47.0 Å². The third-order valence-electron chi connectivity index (χ3n) is 3.35. The van der Waals surface area contributed by atoms with Gasteiger partial charge in [-0.05, 0) is 43.8 Å². The van der Waals surface area contributed by atoms with E-state index in [-0.39, 0.29) is 17.3 Å². The zero-order valence-corrected chi connectivity index (χ0v) is 14.2. The number of hydrogen-bond acceptors (Lipinski definition) is 2. The number of rotatable bonds is 8. The van der Waals surface area contributed by atoms with Crippen molar-refractivity contribution in [2.45, 2.75) is 73.6 Å². The summed E-state index contributed by atoms with van der Waals surface area (Å²) in [5.74, 6) is -0.387. The standard InChI is InChI=1S/C18H32O2/c1-7-9-10-11-12-16(18(4,5)6)14-13-15(3)17(19)20-8-2/h13,15H,7-12H2,1-6H3. The zero-order valence-electron chi connectivity index (χ0n) is 14.2. The molecule has 0 spiro atoms. The molecule has 1 atom stereocenters. The fourth-order valence-electron chi connectivity index (χ4n) is 1.96. The summed E-state index contributed by atoms with van der Waals surface area (Å²) < 4.78 is 5.02. The van der Waals surface area contributed by atoms with Gasteiger partial charge in [-0.15, -0.1) is 5.73 Å². The number of unbranched alkanes of at least 4 members (excludes halogenated alkanes) is 3. The van der Waals surface area contributed by atoms with E-state index in [1.807, 2.05) is 19.9 Å². The summed E-state index contributed by atoms with van der Waals surface area (Å²) in [6.07, 6.45) is 7.94. The predicted octanol–water partition coefficient (Wildman–Crippen LogP) is 5.28. The summed E-state index contributed by atoms with van der Waals surface area (Å²) in [6, 6.07) is 0. The molecule has 0 bridgehead atoms. The first-order valence-electron chi connectivity index (χ1n) is 7.95. The third-order valence-corrected chi connectivity index (χ3v) is 3.35. The Hall–Kier alpha value is -1.01. The summed E-state index contributed by atoms with van der Waals surface area (Å²) >= 11 is 0. The monoisotopic (exact) mass is 280 g/mol. The average Bonchev–Trinajstić information content (AvgIpc) is 2.36. The maximum Gasteiger partial charge on any atom is 0.313 e. The molecule has 1 unspecified atom stereocenters. The summed E-state index contributed by atoms with van der Waals surface area (Å²) in [5, 5.41) is 0. The first kappa shape index (κ1) is 19.0. The Labute approximate surface area is 125 Å². The minimum atomic E-state index is -0.219. The van der Waals surface area contributed by atoms with Crippen LogP contribution >= 0.6 is 0 Å². The highest BCUT2D eigenvalue weighted by molar-refractivity contribution is 5.73. The lowest BCUT2D eigenvalue weighted by molar-refractivity contribution is -0.145. The van der Waals surface area contributed by atoms with Crippen molar-refractivity contribution in [3.63, 3.8) is 0 Å². The summed E-state index contributed by atoms with van der Waals surface area (Å²) in [4.78, 5) is 11.6. The molecule has 0 fully saturated rings. The molecule has 0 N–H and O–H groups in total. The van der Waals surface area contributed by atoms with Crippen LogP contribution in [-0.2, 0) is 9.53 Å². The molecule has 0 aromatic rings. The minimum absolute atomic E-state index is 0.108. The van der Waals surface area contributed by atoms with Gasteiger partial charge in [0.15, 0.2) is 0 Å². The van der Waals surface area contributed by atoms with E-state index in [9.17, 15) is 4.79 Å². The molecule has 20 heavy (non-hydrogen) atoms. The van der Waals surface area contributed by atoms with E-state index in [0.29, 0.717) is 6.61 Å². The van der Waals surface area contributed by atoms with E-state index in [1.54, 1.807) is 0 Å². The van der Waals surface area contributed by atoms with Crippen LogP contribution in [0, 0.1) is 11.3 Å². The SMILES string of the molecule is CCCCCCC(=C=CC(C)C(=O)OCC)C(C)(C)C. The van der Waals surface area contributed by atoms with Crippen molar-refractivity contribution in [2.24, 2.45) is 11.3 Å². The second-order valence-electron chi connectivity index (χ2n) is 6.39. The third kappa shape index (κ3) is 8.22. The maximum atomic E-state index is 11.6. The molecule has 2 heteroatoms. The van der Waals surface area contributed by atoms with E-state index >= 15 is 0 Å². The van der Waals surface area contributed by atoms with Crippen molar-refractivity contribution in [1.82, 2.24) is 0 Å². The van der Waals surface area contributed by atoms with E-state index < -0.39 is 0 Å². The van der Waals surface area contributed by atoms with Gasteiger partial charge in [-0.25, -0.2) is 0 Å². The summed E-state index contributed by atoms with van der Waals surface area (Å²) in [6.45, 7) is 13.0. The lowest BCUT2D eigenvalue weighted by atomic mass is 9.83. The normalized spacial score (nSPS) is 12.5. The second kappa shape index (κ2) is 9.83. The molecule has 0 saturated heterocycles. The number of esters is 1. The molecular weight excluding hydrogens is 248 g/mol. The van der Waals surface area contributed by atoms with Gasteiger partial charge in [0.1, 0.15) is 0 Å². The molecule has 0 aromatic heterocycles. The van der Waals surface area contributed by atoms with E-state index in [0.717, 1.165) is 6.42 Å². The van der Waals surface area contributed by atoms with Gasteiger partial charge in [0.05, 0.1) is 12.5 Å². The van der Waals surface area contributed by atoms with Gasteiger partial charge in [0, 0.05) is 0 Å². The predicted molar refractivity (Wildman–Crippen MR) is 85.6 cm³/mol. The molecular formula is C18H32O2. The molecule has 0 radical (unpaired) electrons. The zero-order chi connectivity index (χ0) is 15.6. The Morgan fingerprint density at radius 2 is 1.85 bits per heavy atom. The molecule has 0 aliphatic carbocycles. The Morgan fingerprint density at radius 1 is 1.20 bits per heavy atom. The van der Waals surface area contributed by atoms with Crippen molar-refractivity contribution >= 4 is 5.97 Å². The lowest BCUT2D eigenvalue weighted by Crippen LogP contribution is -2.13. The molecule has 116 valence electrons. The van der Waals surface area contributed by atoms with Crippen LogP contribution in [0.2, 0.25) is 0 Å². The summed E-state index contributed by atoms with van der Waals surface area (Å²) in [7, 11) is 0. The van der Waals surface area contributed by atoms with Crippen LogP contribution in [0.4, 0.5) is 0 Å². The van der Waals surface area contributed by atoms with Crippen LogP contribution in [0.3, 0.4) is 0 Å². The van der Waals surface area contributed by atoms with Crippen LogP contribution < -0.4 is 0 Å². The Morgan fingerprint density at radius 3 is 2.35 bits per heavy atom. The molecule has 0 aliphatic heterocycles. The van der Waals surface area contributed by atoms with Crippen molar-refractivity contribution in [3.8, 4) is 0 Å². The highest BCUT2D eigenvalue weighted by Crippen LogP contribution is 2.29. The van der Waals surface area contributed by atoms with Crippen LogP contribution in [0.5, 0.6) is 0 Å². The molecule has 0 amide bonds. The minimum Gasteiger partial charge on any atom is -0.466 e. The van der Waals surface area contributed by atoms with Crippen LogP contribution in [-0.4, -0.2) is 12.6 Å². The van der Waals surface area contributed by atoms with Gasteiger partial charge >= 0.3 is 5.97 Å². The van der Waals surface area contributed by atoms with E-state index in [4.69, 9.17) is 4.74 Å². The van der Waals surface area contributed by atoms with Gasteiger partial charge < -0.3 is 4.74 Å². The van der Waals surface area contributed by atoms with Crippen LogP contribution in [0.25, 0.3) is 0 Å². The van der Waals surface area contributed by atoms with Gasteiger partial charge in [0.25, 0.3) is 0 Å². The fourth-order valence-corrected chi connectivity index (χ4v) is 1.96. The van der Waals surface area contributed by atoms with Crippen molar-refractivity contribution in [3.05, 3.63) is 17.4 Å². The van der Waals surface area contributed by atoms with Crippen molar-refractivity contribution in [2.75, 3.05) is 6.61 Å². The average molecular weight is 280 g/mol. The fraction of sp³-hybridized carbons (Fsp3) is 0.778. The smallest absolute Gasteiger partial charge is 0.313 e. The second-order valence-corrected chi connectivity index (χ2v) is 6.39. The first-order chi connectivity index (χ1) is 9.32. The Bertz CT molecular complexity index is 341. The van der Waals surface area contributed by atoms with E-state index in [2.05, 4.69) is 33.4 Å². The van der Waals surface area contributed by atoms with Crippen molar-refractivity contribution < 1.29 is 9.53 Å². The highest BCUT2D eigenvalue weighted by Gasteiger charge is 2.17. The highest BCUT2D eigenvalue weighted by atomic mass is 16.5. The first-order valence-corrected chi connectivity index (χ1v) is 7.95. The Kier molecular flexibility index (Phi) is 9.33. The molecule has 0 heterocycles. The number of ether oxygens (including phenoxy) is 1. The maximum absolute atomic E-state index is 11.6. The largest absolute Gasteiger partial charge is 0.466 e. The van der Waals surface area contributed by atoms with Gasteiger partial charge in [0.2, 0.25) is 0 Å². The molecule has 0 saturated carbocycles. The van der Waals surface area contributed by atoms with Crippen LogP contribution in [0.1, 0.15) is 73.6 Å². The van der Waals surface area contributed by atoms with Gasteiger partial charge in [-0.3, -0.25) is 4.79 Å². The summed E-state index contributed by atoms with van der Waals surface area (Å²) in [5.41, 5.74) is 4.77. The van der Waals surface area contributed by atoms with Crippen LogP contribution in [0.15, 0.2) is 17.4 Å². The Balaban J connectivity index is 4.76.